The number of halogens is 1. The third-order valence-corrected chi connectivity index (χ3v) is 3.41. The van der Waals surface area contributed by atoms with Gasteiger partial charge >= 0.3 is 0 Å². The molecule has 0 radical (unpaired) electrons. The topological polar surface area (TPSA) is 54.7 Å². The van der Waals surface area contributed by atoms with Crippen LogP contribution in [0.4, 0.5) is 10.1 Å². The van der Waals surface area contributed by atoms with Gasteiger partial charge in [-0.25, -0.2) is 9.37 Å². The summed E-state index contributed by atoms with van der Waals surface area (Å²) in [7, 11) is 0. The van der Waals surface area contributed by atoms with Crippen molar-refractivity contribution in [3.8, 4) is 11.4 Å². The Morgan fingerprint density at radius 1 is 1.21 bits per heavy atom. The van der Waals surface area contributed by atoms with E-state index in [4.69, 9.17) is 5.73 Å². The van der Waals surface area contributed by atoms with Crippen LogP contribution in [-0.2, 0) is 0 Å². The monoisotopic (exact) mass is 255 g/mol. The van der Waals surface area contributed by atoms with Crippen molar-refractivity contribution in [2.75, 3.05) is 5.73 Å². The molecule has 2 aromatic carbocycles. The highest BCUT2D eigenvalue weighted by atomic mass is 19.1. The molecule has 3 N–H and O–H groups in total. The van der Waals surface area contributed by atoms with Gasteiger partial charge in [0, 0.05) is 11.3 Å². The number of imidazole rings is 1. The number of H-pyrrole nitrogens is 1. The molecule has 0 spiro atoms. The summed E-state index contributed by atoms with van der Waals surface area (Å²) < 4.78 is 13.7. The molecule has 19 heavy (non-hydrogen) atoms. The third-order valence-electron chi connectivity index (χ3n) is 3.41. The Bertz CT molecular complexity index is 774. The maximum atomic E-state index is 13.7. The number of hydrogen-bond donors (Lipinski definition) is 2. The molecule has 3 nitrogen and oxygen atoms in total. The van der Waals surface area contributed by atoms with Crippen LogP contribution < -0.4 is 5.73 Å². The predicted molar refractivity (Wildman–Crippen MR) is 75.4 cm³/mol. The van der Waals surface area contributed by atoms with E-state index >= 15 is 0 Å². The molecule has 0 aliphatic rings. The van der Waals surface area contributed by atoms with Crippen molar-refractivity contribution >= 4 is 16.7 Å². The number of anilines is 1. The zero-order valence-electron chi connectivity index (χ0n) is 10.8. The summed E-state index contributed by atoms with van der Waals surface area (Å²) in [5.41, 5.74) is 10.7. The molecule has 3 rings (SSSR count). The van der Waals surface area contributed by atoms with Gasteiger partial charge in [0.05, 0.1) is 5.52 Å². The first-order valence-corrected chi connectivity index (χ1v) is 6.07. The largest absolute Gasteiger partial charge is 0.399 e. The molecule has 0 unspecified atom stereocenters. The Kier molecular flexibility index (Phi) is 2.52. The van der Waals surface area contributed by atoms with E-state index in [1.807, 2.05) is 32.0 Å². The van der Waals surface area contributed by atoms with Crippen LogP contribution >= 0.6 is 0 Å². The molecule has 0 saturated carbocycles. The summed E-state index contributed by atoms with van der Waals surface area (Å²) in [5, 5.41) is 0. The fourth-order valence-electron chi connectivity index (χ4n) is 2.26. The van der Waals surface area contributed by atoms with Gasteiger partial charge in [0.2, 0.25) is 0 Å². The Labute approximate surface area is 110 Å². The Hall–Kier alpha value is -2.36. The molecule has 0 bridgehead atoms. The van der Waals surface area contributed by atoms with Gasteiger partial charge in [-0.1, -0.05) is 6.07 Å². The molecule has 0 aliphatic carbocycles. The molecule has 3 aromatic rings. The molecule has 1 heterocycles. The Balaban J connectivity index is 2.28. The summed E-state index contributed by atoms with van der Waals surface area (Å²) in [4.78, 5) is 7.48. The molecular weight excluding hydrogens is 241 g/mol. The average Bonchev–Trinajstić information content (AvgIpc) is 2.79. The smallest absolute Gasteiger partial charge is 0.151 e. The van der Waals surface area contributed by atoms with Crippen molar-refractivity contribution in [2.24, 2.45) is 0 Å². The standard InChI is InChI=1S/C15H14FN3/c1-8-6-10(17)7-11(9(8)2)15-18-13-5-3-4-12(16)14(13)19-15/h3-7H,17H2,1-2H3,(H,18,19). The SMILES string of the molecule is Cc1cc(N)cc(-c2nc3c(F)cccc3[nH]2)c1C. The second kappa shape index (κ2) is 4.09. The Morgan fingerprint density at radius 3 is 2.74 bits per heavy atom. The number of aromatic nitrogens is 2. The lowest BCUT2D eigenvalue weighted by molar-refractivity contribution is 0.637. The second-order valence-electron chi connectivity index (χ2n) is 4.73. The fourth-order valence-corrected chi connectivity index (χ4v) is 2.26. The quantitative estimate of drug-likeness (QED) is 0.653. The number of aromatic amines is 1. The number of aryl methyl sites for hydroxylation is 1. The van der Waals surface area contributed by atoms with Gasteiger partial charge in [-0.3, -0.25) is 0 Å². The number of rotatable bonds is 1. The zero-order valence-corrected chi connectivity index (χ0v) is 10.8. The van der Waals surface area contributed by atoms with Crippen LogP contribution in [0.5, 0.6) is 0 Å². The van der Waals surface area contributed by atoms with Gasteiger partial charge in [0.15, 0.2) is 5.82 Å². The van der Waals surface area contributed by atoms with Gasteiger partial charge in [-0.2, -0.15) is 0 Å². The lowest BCUT2D eigenvalue weighted by atomic mass is 10.0. The summed E-state index contributed by atoms with van der Waals surface area (Å²) >= 11 is 0. The van der Waals surface area contributed by atoms with Crippen molar-refractivity contribution in [3.63, 3.8) is 0 Å². The summed E-state index contributed by atoms with van der Waals surface area (Å²) in [6, 6.07) is 8.66. The van der Waals surface area contributed by atoms with Gasteiger partial charge in [-0.05, 0) is 49.2 Å². The molecule has 0 atom stereocenters. The van der Waals surface area contributed by atoms with Gasteiger partial charge in [0.1, 0.15) is 11.3 Å². The lowest BCUT2D eigenvalue weighted by Gasteiger charge is -2.07. The predicted octanol–water partition coefficient (Wildman–Crippen LogP) is 3.57. The maximum Gasteiger partial charge on any atom is 0.151 e. The molecule has 1 aromatic heterocycles. The summed E-state index contributed by atoms with van der Waals surface area (Å²) in [5.74, 6) is 0.325. The van der Waals surface area contributed by atoms with Crippen molar-refractivity contribution in [2.45, 2.75) is 13.8 Å². The minimum absolute atomic E-state index is 0.321. The molecule has 4 heteroatoms. The third kappa shape index (κ3) is 1.85. The summed E-state index contributed by atoms with van der Waals surface area (Å²) in [6.07, 6.45) is 0. The normalized spacial score (nSPS) is 11.1. The molecule has 96 valence electrons. The number of para-hydroxylation sites is 1. The van der Waals surface area contributed by atoms with E-state index in [0.29, 0.717) is 22.5 Å². The Morgan fingerprint density at radius 2 is 2.00 bits per heavy atom. The second-order valence-corrected chi connectivity index (χ2v) is 4.73. The number of nitrogens with one attached hydrogen (secondary N) is 1. The minimum atomic E-state index is -0.321. The summed E-state index contributed by atoms with van der Waals surface area (Å²) in [6.45, 7) is 4.01. The van der Waals surface area contributed by atoms with Crippen molar-refractivity contribution in [1.82, 2.24) is 9.97 Å². The van der Waals surface area contributed by atoms with Crippen LogP contribution in [0.3, 0.4) is 0 Å². The number of fused-ring (bicyclic) bond motifs is 1. The van der Waals surface area contributed by atoms with E-state index < -0.39 is 0 Å². The number of nitrogens with two attached hydrogens (primary N) is 1. The van der Waals surface area contributed by atoms with Gasteiger partial charge in [-0.15, -0.1) is 0 Å². The fraction of sp³-hybridized carbons (Fsp3) is 0.133. The molecule has 0 fully saturated rings. The lowest BCUT2D eigenvalue weighted by Crippen LogP contribution is -1.93. The number of hydrogen-bond acceptors (Lipinski definition) is 2. The van der Waals surface area contributed by atoms with Crippen LogP contribution in [0.15, 0.2) is 30.3 Å². The average molecular weight is 255 g/mol. The van der Waals surface area contributed by atoms with E-state index in [1.54, 1.807) is 6.07 Å². The van der Waals surface area contributed by atoms with Crippen LogP contribution in [0, 0.1) is 19.7 Å². The highest BCUT2D eigenvalue weighted by Crippen LogP contribution is 2.28. The van der Waals surface area contributed by atoms with E-state index in [9.17, 15) is 4.39 Å². The van der Waals surface area contributed by atoms with E-state index in [2.05, 4.69) is 9.97 Å². The van der Waals surface area contributed by atoms with Crippen molar-refractivity contribution < 1.29 is 4.39 Å². The van der Waals surface area contributed by atoms with Crippen LogP contribution in [0.2, 0.25) is 0 Å². The maximum absolute atomic E-state index is 13.7. The van der Waals surface area contributed by atoms with E-state index in [0.717, 1.165) is 16.7 Å². The first-order valence-electron chi connectivity index (χ1n) is 6.07. The molecular formula is C15H14FN3. The number of nitrogen functional groups attached to an aromatic ring is 1. The van der Waals surface area contributed by atoms with Gasteiger partial charge < -0.3 is 10.7 Å². The van der Waals surface area contributed by atoms with Crippen LogP contribution in [-0.4, -0.2) is 9.97 Å². The number of benzene rings is 2. The first kappa shape index (κ1) is 11.7. The zero-order chi connectivity index (χ0) is 13.6. The molecule has 0 amide bonds. The highest BCUT2D eigenvalue weighted by molar-refractivity contribution is 5.81. The van der Waals surface area contributed by atoms with Crippen LogP contribution in [0.25, 0.3) is 22.4 Å². The molecule has 0 saturated heterocycles. The van der Waals surface area contributed by atoms with Crippen molar-refractivity contribution in [3.05, 3.63) is 47.3 Å². The van der Waals surface area contributed by atoms with E-state index in [1.165, 1.54) is 6.07 Å². The first-order chi connectivity index (χ1) is 9.06. The number of nitrogens with zero attached hydrogens (tertiary/aromatic N) is 1. The van der Waals surface area contributed by atoms with E-state index in [-0.39, 0.29) is 5.82 Å². The van der Waals surface area contributed by atoms with Gasteiger partial charge in [0.25, 0.3) is 0 Å². The highest BCUT2D eigenvalue weighted by Gasteiger charge is 2.12. The minimum Gasteiger partial charge on any atom is -0.399 e. The van der Waals surface area contributed by atoms with Crippen LogP contribution in [0.1, 0.15) is 11.1 Å². The molecule has 0 aliphatic heterocycles. The van der Waals surface area contributed by atoms with Crippen molar-refractivity contribution in [1.29, 1.82) is 0 Å².